The van der Waals surface area contributed by atoms with E-state index < -0.39 is 0 Å². The summed E-state index contributed by atoms with van der Waals surface area (Å²) in [6.45, 7) is 12.1. The van der Waals surface area contributed by atoms with E-state index in [0.29, 0.717) is 12.0 Å². The molecule has 0 bridgehead atoms. The van der Waals surface area contributed by atoms with Crippen molar-refractivity contribution < 1.29 is 0 Å². The van der Waals surface area contributed by atoms with Crippen molar-refractivity contribution in [1.29, 1.82) is 0 Å². The van der Waals surface area contributed by atoms with Crippen molar-refractivity contribution in [2.75, 3.05) is 18.0 Å². The second-order valence-electron chi connectivity index (χ2n) is 6.07. The van der Waals surface area contributed by atoms with Crippen molar-refractivity contribution in [3.05, 3.63) is 17.6 Å². The molecule has 0 fully saturated rings. The van der Waals surface area contributed by atoms with Crippen LogP contribution in [0.25, 0.3) is 0 Å². The average Bonchev–Trinajstić information content (AvgIpc) is 2.46. The van der Waals surface area contributed by atoms with Gasteiger partial charge in [0.25, 0.3) is 0 Å². The maximum atomic E-state index is 4.64. The van der Waals surface area contributed by atoms with Crippen LogP contribution in [0.1, 0.15) is 51.8 Å². The van der Waals surface area contributed by atoms with Crippen LogP contribution in [0.5, 0.6) is 0 Å². The molecular formula is C16H28N4. The second-order valence-corrected chi connectivity index (χ2v) is 6.07. The van der Waals surface area contributed by atoms with Crippen molar-refractivity contribution >= 4 is 5.82 Å². The molecule has 0 aliphatic carbocycles. The second kappa shape index (κ2) is 7.02. The summed E-state index contributed by atoms with van der Waals surface area (Å²) in [7, 11) is 0. The van der Waals surface area contributed by atoms with Crippen LogP contribution in [0, 0.1) is 5.92 Å². The van der Waals surface area contributed by atoms with E-state index in [4.69, 9.17) is 0 Å². The van der Waals surface area contributed by atoms with E-state index in [1.807, 2.05) is 0 Å². The molecule has 1 N–H and O–H groups in total. The lowest BCUT2D eigenvalue weighted by Crippen LogP contribution is -2.40. The highest BCUT2D eigenvalue weighted by molar-refractivity contribution is 5.50. The third-order valence-electron chi connectivity index (χ3n) is 4.07. The van der Waals surface area contributed by atoms with E-state index in [-0.39, 0.29) is 0 Å². The van der Waals surface area contributed by atoms with Crippen molar-refractivity contribution in [3.63, 3.8) is 0 Å². The van der Waals surface area contributed by atoms with Crippen LogP contribution in [0.4, 0.5) is 5.82 Å². The fourth-order valence-corrected chi connectivity index (χ4v) is 3.03. The lowest BCUT2D eigenvalue weighted by Gasteiger charge is -2.35. The summed E-state index contributed by atoms with van der Waals surface area (Å²) in [5.41, 5.74) is 2.54. The molecular weight excluding hydrogens is 248 g/mol. The van der Waals surface area contributed by atoms with Gasteiger partial charge in [0, 0.05) is 37.7 Å². The Bertz CT molecular complexity index is 426. The Balaban J connectivity index is 2.37. The van der Waals surface area contributed by atoms with Crippen LogP contribution < -0.4 is 10.2 Å². The lowest BCUT2D eigenvalue weighted by molar-refractivity contribution is 0.497. The Labute approximate surface area is 123 Å². The van der Waals surface area contributed by atoms with Gasteiger partial charge in [-0.25, -0.2) is 9.97 Å². The monoisotopic (exact) mass is 276 g/mol. The molecule has 1 aliphatic heterocycles. The summed E-state index contributed by atoms with van der Waals surface area (Å²) in [5, 5.41) is 3.46. The van der Waals surface area contributed by atoms with Gasteiger partial charge >= 0.3 is 0 Å². The van der Waals surface area contributed by atoms with Crippen molar-refractivity contribution in [2.24, 2.45) is 5.92 Å². The number of rotatable bonds is 6. The quantitative estimate of drug-likeness (QED) is 0.867. The Morgan fingerprint density at radius 2 is 2.00 bits per heavy atom. The molecule has 0 aromatic carbocycles. The fourth-order valence-electron chi connectivity index (χ4n) is 3.03. The van der Waals surface area contributed by atoms with Crippen molar-refractivity contribution in [1.82, 2.24) is 15.3 Å². The Morgan fingerprint density at radius 1 is 1.25 bits per heavy atom. The third kappa shape index (κ3) is 3.29. The predicted molar refractivity (Wildman–Crippen MR) is 84.0 cm³/mol. The molecule has 4 heteroatoms. The molecule has 4 nitrogen and oxygen atoms in total. The van der Waals surface area contributed by atoms with E-state index >= 15 is 0 Å². The molecule has 2 rings (SSSR count). The highest BCUT2D eigenvalue weighted by Crippen LogP contribution is 2.26. The van der Waals surface area contributed by atoms with Gasteiger partial charge in [0.1, 0.15) is 12.1 Å². The summed E-state index contributed by atoms with van der Waals surface area (Å²) in [5.74, 6) is 1.79. The van der Waals surface area contributed by atoms with Gasteiger partial charge in [-0.1, -0.05) is 27.7 Å². The molecule has 1 aliphatic rings. The van der Waals surface area contributed by atoms with Gasteiger partial charge in [-0.15, -0.1) is 0 Å². The molecule has 0 radical (unpaired) electrons. The predicted octanol–water partition coefficient (Wildman–Crippen LogP) is 2.77. The topological polar surface area (TPSA) is 41.1 Å². The first-order valence-electron chi connectivity index (χ1n) is 7.97. The number of aromatic nitrogens is 2. The minimum absolute atomic E-state index is 0.568. The SMILES string of the molecule is CCC(CC)N(CC(C)C)c1ncnc2c1CNCC2. The first-order valence-corrected chi connectivity index (χ1v) is 7.97. The summed E-state index contributed by atoms with van der Waals surface area (Å²) in [6, 6.07) is 0.568. The number of nitrogens with zero attached hydrogens (tertiary/aromatic N) is 3. The highest BCUT2D eigenvalue weighted by atomic mass is 15.2. The highest BCUT2D eigenvalue weighted by Gasteiger charge is 2.24. The molecule has 0 spiro atoms. The summed E-state index contributed by atoms with van der Waals surface area (Å²) >= 11 is 0. The zero-order valence-corrected chi connectivity index (χ0v) is 13.3. The zero-order valence-electron chi connectivity index (χ0n) is 13.3. The standard InChI is InChI=1S/C16H28N4/c1-5-13(6-2)20(10-12(3)4)16-14-9-17-8-7-15(14)18-11-19-16/h11-13,17H,5-10H2,1-4H3. The first-order chi connectivity index (χ1) is 9.67. The fraction of sp³-hybridized carbons (Fsp3) is 0.750. The molecule has 20 heavy (non-hydrogen) atoms. The smallest absolute Gasteiger partial charge is 0.137 e. The number of hydrogen-bond acceptors (Lipinski definition) is 4. The van der Waals surface area contributed by atoms with E-state index in [0.717, 1.165) is 44.7 Å². The van der Waals surface area contributed by atoms with E-state index in [2.05, 4.69) is 47.9 Å². The minimum atomic E-state index is 0.568. The van der Waals surface area contributed by atoms with Gasteiger partial charge in [-0.05, 0) is 18.8 Å². The molecule has 0 atom stereocenters. The summed E-state index contributed by atoms with van der Waals surface area (Å²) in [6.07, 6.45) is 5.09. The minimum Gasteiger partial charge on any atom is -0.353 e. The van der Waals surface area contributed by atoms with Crippen molar-refractivity contribution in [2.45, 2.75) is 59.5 Å². The van der Waals surface area contributed by atoms with Gasteiger partial charge in [-0.2, -0.15) is 0 Å². The first kappa shape index (κ1) is 15.2. The maximum Gasteiger partial charge on any atom is 0.137 e. The molecule has 0 amide bonds. The molecule has 0 unspecified atom stereocenters. The van der Waals surface area contributed by atoms with Crippen LogP contribution in [0.3, 0.4) is 0 Å². The summed E-state index contributed by atoms with van der Waals surface area (Å²) in [4.78, 5) is 11.6. The number of anilines is 1. The van der Waals surface area contributed by atoms with Gasteiger partial charge in [0.2, 0.25) is 0 Å². The number of hydrogen-bond donors (Lipinski definition) is 1. The van der Waals surface area contributed by atoms with Gasteiger partial charge in [0.15, 0.2) is 0 Å². The Morgan fingerprint density at radius 3 is 2.65 bits per heavy atom. The molecule has 1 aromatic rings. The van der Waals surface area contributed by atoms with E-state index in [1.165, 1.54) is 11.3 Å². The average molecular weight is 276 g/mol. The van der Waals surface area contributed by atoms with Crippen molar-refractivity contribution in [3.8, 4) is 0 Å². The molecule has 0 saturated heterocycles. The molecule has 2 heterocycles. The normalized spacial score (nSPS) is 14.7. The molecule has 112 valence electrons. The van der Waals surface area contributed by atoms with Crippen LogP contribution >= 0.6 is 0 Å². The Kier molecular flexibility index (Phi) is 5.35. The van der Waals surface area contributed by atoms with Gasteiger partial charge in [0.05, 0.1) is 5.69 Å². The molecule has 0 saturated carbocycles. The summed E-state index contributed by atoms with van der Waals surface area (Å²) < 4.78 is 0. The van der Waals surface area contributed by atoms with Crippen LogP contribution in [0.15, 0.2) is 6.33 Å². The van der Waals surface area contributed by atoms with Gasteiger partial charge in [-0.3, -0.25) is 0 Å². The Hall–Kier alpha value is -1.16. The van der Waals surface area contributed by atoms with Gasteiger partial charge < -0.3 is 10.2 Å². The van der Waals surface area contributed by atoms with E-state index in [9.17, 15) is 0 Å². The van der Waals surface area contributed by atoms with Crippen LogP contribution in [0.2, 0.25) is 0 Å². The third-order valence-corrected chi connectivity index (χ3v) is 4.07. The number of nitrogens with one attached hydrogen (secondary N) is 1. The van der Waals surface area contributed by atoms with E-state index in [1.54, 1.807) is 6.33 Å². The lowest BCUT2D eigenvalue weighted by atomic mass is 10.0. The molecule has 1 aromatic heterocycles. The number of fused-ring (bicyclic) bond motifs is 1. The zero-order chi connectivity index (χ0) is 14.5. The maximum absolute atomic E-state index is 4.64. The van der Waals surface area contributed by atoms with Crippen LogP contribution in [-0.4, -0.2) is 29.1 Å². The van der Waals surface area contributed by atoms with Crippen LogP contribution in [-0.2, 0) is 13.0 Å². The largest absolute Gasteiger partial charge is 0.353 e.